The Morgan fingerprint density at radius 1 is 0.850 bits per heavy atom. The summed E-state index contributed by atoms with van der Waals surface area (Å²) in [6.45, 7) is 1.80. The molecular formula is C30H31F3N2O5. The molecule has 0 aliphatic heterocycles. The van der Waals surface area contributed by atoms with Crippen LogP contribution >= 0.6 is 0 Å². The number of alkyl halides is 3. The zero-order valence-electron chi connectivity index (χ0n) is 22.2. The van der Waals surface area contributed by atoms with Crippen molar-refractivity contribution >= 4 is 23.3 Å². The number of methoxy groups -OCH3 is 1. The van der Waals surface area contributed by atoms with E-state index in [2.05, 4.69) is 10.6 Å². The fourth-order valence-electron chi connectivity index (χ4n) is 3.82. The molecule has 0 unspecified atom stereocenters. The molecular weight excluding hydrogens is 525 g/mol. The van der Waals surface area contributed by atoms with Crippen molar-refractivity contribution in [1.29, 1.82) is 0 Å². The lowest BCUT2D eigenvalue weighted by atomic mass is 9.97. The number of anilines is 1. The third-order valence-corrected chi connectivity index (χ3v) is 5.95. The summed E-state index contributed by atoms with van der Waals surface area (Å²) in [6, 6.07) is 19.3. The molecule has 0 aromatic heterocycles. The van der Waals surface area contributed by atoms with Gasteiger partial charge in [0.15, 0.2) is 5.78 Å². The van der Waals surface area contributed by atoms with Gasteiger partial charge in [-0.15, -0.1) is 0 Å². The van der Waals surface area contributed by atoms with Crippen molar-refractivity contribution in [2.75, 3.05) is 19.0 Å². The van der Waals surface area contributed by atoms with Gasteiger partial charge in [-0.1, -0.05) is 42.0 Å². The van der Waals surface area contributed by atoms with Gasteiger partial charge in [-0.05, 0) is 55.3 Å². The molecule has 0 aliphatic carbocycles. The number of Topliss-reactive ketones (excluding diaryl/α,β-unsaturated/α-hetero) is 1. The molecule has 2 amide bonds. The molecule has 0 heterocycles. The highest BCUT2D eigenvalue weighted by Crippen LogP contribution is 2.25. The van der Waals surface area contributed by atoms with Gasteiger partial charge in [0.2, 0.25) is 11.8 Å². The first kappa shape index (κ1) is 30.2. The van der Waals surface area contributed by atoms with Crippen LogP contribution in [0.25, 0.3) is 0 Å². The number of halogens is 3. The standard InChI is InChI=1S/C30H31F3N2O5/c1-20-4-6-22(7-5-20)27(36)18-26(21-8-12-25(13-9-21)40-17-3-16-30(31,32)33)35-29(38)19-28(37)34-23-10-14-24(39-2)15-11-23/h4-15,26H,3,16-19H2,1-2H3,(H,34,37)(H,35,38)/t26-/m1/s1. The molecule has 0 bridgehead atoms. The smallest absolute Gasteiger partial charge is 0.389 e. The van der Waals surface area contributed by atoms with Gasteiger partial charge in [0.25, 0.3) is 0 Å². The summed E-state index contributed by atoms with van der Waals surface area (Å²) < 4.78 is 47.5. The number of nitrogens with one attached hydrogen (secondary N) is 2. The second-order valence-corrected chi connectivity index (χ2v) is 9.20. The highest BCUT2D eigenvalue weighted by Gasteiger charge is 2.26. The largest absolute Gasteiger partial charge is 0.497 e. The number of carbonyl (C=O) groups excluding carboxylic acids is 3. The van der Waals surface area contributed by atoms with Crippen LogP contribution in [0.2, 0.25) is 0 Å². The highest BCUT2D eigenvalue weighted by atomic mass is 19.4. The number of ketones is 1. The van der Waals surface area contributed by atoms with Crippen LogP contribution in [0, 0.1) is 6.92 Å². The average molecular weight is 557 g/mol. The molecule has 212 valence electrons. The molecule has 40 heavy (non-hydrogen) atoms. The van der Waals surface area contributed by atoms with Crippen LogP contribution < -0.4 is 20.1 Å². The normalized spacial score (nSPS) is 11.8. The first-order valence-electron chi connectivity index (χ1n) is 12.6. The lowest BCUT2D eigenvalue weighted by Gasteiger charge is -2.19. The van der Waals surface area contributed by atoms with E-state index in [1.54, 1.807) is 60.7 Å². The van der Waals surface area contributed by atoms with Gasteiger partial charge in [0.1, 0.15) is 17.9 Å². The molecule has 0 saturated carbocycles. The van der Waals surface area contributed by atoms with Gasteiger partial charge >= 0.3 is 6.18 Å². The number of aryl methyl sites for hydroxylation is 1. The molecule has 0 spiro atoms. The molecule has 7 nitrogen and oxygen atoms in total. The van der Waals surface area contributed by atoms with Gasteiger partial charge in [0, 0.05) is 24.1 Å². The summed E-state index contributed by atoms with van der Waals surface area (Å²) in [7, 11) is 1.52. The molecule has 0 fully saturated rings. The Labute approximate surface area is 230 Å². The number of hydrogen-bond acceptors (Lipinski definition) is 5. The average Bonchev–Trinajstić information content (AvgIpc) is 2.91. The molecule has 3 rings (SSSR count). The van der Waals surface area contributed by atoms with E-state index in [1.807, 2.05) is 19.1 Å². The topological polar surface area (TPSA) is 93.7 Å². The molecule has 1 atom stereocenters. The molecule has 2 N–H and O–H groups in total. The van der Waals surface area contributed by atoms with E-state index >= 15 is 0 Å². The summed E-state index contributed by atoms with van der Waals surface area (Å²) in [6.07, 6.45) is -5.89. The minimum atomic E-state index is -4.24. The molecule has 0 saturated heterocycles. The zero-order chi connectivity index (χ0) is 29.1. The van der Waals surface area contributed by atoms with Crippen molar-refractivity contribution in [2.24, 2.45) is 0 Å². The predicted octanol–water partition coefficient (Wildman–Crippen LogP) is 6.18. The number of carbonyl (C=O) groups is 3. The second kappa shape index (κ2) is 14.2. The zero-order valence-corrected chi connectivity index (χ0v) is 22.2. The number of hydrogen-bond donors (Lipinski definition) is 2. The van der Waals surface area contributed by atoms with Crippen LogP contribution in [-0.2, 0) is 9.59 Å². The minimum Gasteiger partial charge on any atom is -0.497 e. The molecule has 0 radical (unpaired) electrons. The Morgan fingerprint density at radius 3 is 2.08 bits per heavy atom. The molecule has 0 aliphatic rings. The minimum absolute atomic E-state index is 0.0688. The van der Waals surface area contributed by atoms with E-state index in [-0.39, 0.29) is 25.2 Å². The first-order chi connectivity index (χ1) is 19.0. The van der Waals surface area contributed by atoms with Crippen LogP contribution in [0.1, 0.15) is 53.2 Å². The van der Waals surface area contributed by atoms with E-state index in [4.69, 9.17) is 9.47 Å². The Morgan fingerprint density at radius 2 is 1.48 bits per heavy atom. The van der Waals surface area contributed by atoms with Crippen LogP contribution in [0.4, 0.5) is 18.9 Å². The maximum Gasteiger partial charge on any atom is 0.389 e. The third-order valence-electron chi connectivity index (χ3n) is 5.95. The van der Waals surface area contributed by atoms with Gasteiger partial charge in [0.05, 0.1) is 19.8 Å². The van der Waals surface area contributed by atoms with Crippen molar-refractivity contribution < 1.29 is 37.0 Å². The van der Waals surface area contributed by atoms with E-state index in [1.165, 1.54) is 7.11 Å². The SMILES string of the molecule is COc1ccc(NC(=O)CC(=O)N[C@H](CC(=O)c2ccc(C)cc2)c2ccc(OCCCC(F)(F)F)cc2)cc1. The summed E-state index contributed by atoms with van der Waals surface area (Å²) in [5, 5.41) is 5.40. The third kappa shape index (κ3) is 10.1. The maximum absolute atomic E-state index is 13.0. The second-order valence-electron chi connectivity index (χ2n) is 9.20. The van der Waals surface area contributed by atoms with Crippen LogP contribution in [0.15, 0.2) is 72.8 Å². The molecule has 3 aromatic rings. The van der Waals surface area contributed by atoms with Crippen molar-refractivity contribution in [1.82, 2.24) is 5.32 Å². The van der Waals surface area contributed by atoms with Crippen LogP contribution in [-0.4, -0.2) is 37.5 Å². The van der Waals surface area contributed by atoms with Gasteiger partial charge < -0.3 is 20.1 Å². The first-order valence-corrected chi connectivity index (χ1v) is 12.6. The van der Waals surface area contributed by atoms with E-state index in [0.29, 0.717) is 28.3 Å². The quantitative estimate of drug-likeness (QED) is 0.149. The van der Waals surface area contributed by atoms with Crippen LogP contribution in [0.5, 0.6) is 11.5 Å². The van der Waals surface area contributed by atoms with Crippen molar-refractivity contribution in [2.45, 2.75) is 44.8 Å². The van der Waals surface area contributed by atoms with Crippen molar-refractivity contribution in [3.63, 3.8) is 0 Å². The Bertz CT molecular complexity index is 1270. The summed E-state index contributed by atoms with van der Waals surface area (Å²) >= 11 is 0. The number of ether oxygens (including phenoxy) is 2. The monoisotopic (exact) mass is 556 g/mol. The fourth-order valence-corrected chi connectivity index (χ4v) is 3.82. The van der Waals surface area contributed by atoms with Crippen molar-refractivity contribution in [3.05, 3.63) is 89.5 Å². The predicted molar refractivity (Wildman–Crippen MR) is 144 cm³/mol. The molecule has 10 heteroatoms. The summed E-state index contributed by atoms with van der Waals surface area (Å²) in [5.41, 5.74) is 2.55. The lowest BCUT2D eigenvalue weighted by molar-refractivity contribution is -0.136. The van der Waals surface area contributed by atoms with Gasteiger partial charge in [-0.25, -0.2) is 0 Å². The summed E-state index contributed by atoms with van der Waals surface area (Å²) in [4.78, 5) is 38.2. The molecule has 3 aromatic carbocycles. The Balaban J connectivity index is 1.66. The fraction of sp³-hybridized carbons (Fsp3) is 0.300. The van der Waals surface area contributed by atoms with E-state index in [9.17, 15) is 27.6 Å². The van der Waals surface area contributed by atoms with E-state index in [0.717, 1.165) is 5.56 Å². The number of rotatable bonds is 13. The number of benzene rings is 3. The number of amides is 2. The summed E-state index contributed by atoms with van der Waals surface area (Å²) in [5.74, 6) is -0.344. The Kier molecular flexibility index (Phi) is 10.7. The van der Waals surface area contributed by atoms with Crippen LogP contribution in [0.3, 0.4) is 0 Å². The van der Waals surface area contributed by atoms with Gasteiger partial charge in [-0.3, -0.25) is 14.4 Å². The van der Waals surface area contributed by atoms with Gasteiger partial charge in [-0.2, -0.15) is 13.2 Å². The highest BCUT2D eigenvalue weighted by molar-refractivity contribution is 6.04. The van der Waals surface area contributed by atoms with E-state index < -0.39 is 36.9 Å². The van der Waals surface area contributed by atoms with Crippen molar-refractivity contribution in [3.8, 4) is 11.5 Å². The Hall–Kier alpha value is -4.34. The maximum atomic E-state index is 13.0. The lowest BCUT2D eigenvalue weighted by Crippen LogP contribution is -2.33.